The molecule has 0 saturated carbocycles. The highest BCUT2D eigenvalue weighted by Crippen LogP contribution is 2.19. The van der Waals surface area contributed by atoms with Crippen LogP contribution in [0.25, 0.3) is 0 Å². The van der Waals surface area contributed by atoms with Crippen LogP contribution in [0.3, 0.4) is 0 Å². The quantitative estimate of drug-likeness (QED) is 0.738. The number of carbonyl (C=O) groups excluding carboxylic acids is 1. The van der Waals surface area contributed by atoms with Crippen molar-refractivity contribution < 1.29 is 9.21 Å². The molecule has 9 heteroatoms. The fourth-order valence-electron chi connectivity index (χ4n) is 1.81. The maximum Gasteiger partial charge on any atom is 0.271 e. The predicted octanol–water partition coefficient (Wildman–Crippen LogP) is 2.21. The third kappa shape index (κ3) is 3.89. The standard InChI is InChI=1S/C14H14N6O2S/c1-8-4-3-5-11(16-8)18-14-17-10(7-23-14)13(21)15-6-12-20-19-9(2)22-12/h3-5,7H,6H2,1-2H3,(H,15,21)(H,16,17,18). The minimum absolute atomic E-state index is 0.166. The maximum absolute atomic E-state index is 12.0. The van der Waals surface area contributed by atoms with Crippen LogP contribution in [0.5, 0.6) is 0 Å². The number of hydrogen-bond donors (Lipinski definition) is 2. The van der Waals surface area contributed by atoms with E-state index in [1.807, 2.05) is 25.1 Å². The molecule has 2 N–H and O–H groups in total. The summed E-state index contributed by atoms with van der Waals surface area (Å²) in [6.45, 7) is 3.76. The Morgan fingerprint density at radius 3 is 2.87 bits per heavy atom. The maximum atomic E-state index is 12.0. The monoisotopic (exact) mass is 330 g/mol. The molecular weight excluding hydrogens is 316 g/mol. The lowest BCUT2D eigenvalue weighted by Crippen LogP contribution is -2.23. The average Bonchev–Trinajstić information content (AvgIpc) is 3.14. The van der Waals surface area contributed by atoms with E-state index in [1.54, 1.807) is 12.3 Å². The summed E-state index contributed by atoms with van der Waals surface area (Å²) in [4.78, 5) is 20.6. The van der Waals surface area contributed by atoms with Crippen LogP contribution in [0.15, 0.2) is 28.0 Å². The molecule has 0 atom stereocenters. The molecule has 118 valence electrons. The molecule has 3 aromatic heterocycles. The van der Waals surface area contributed by atoms with Gasteiger partial charge in [0.2, 0.25) is 11.8 Å². The molecule has 0 radical (unpaired) electrons. The van der Waals surface area contributed by atoms with Gasteiger partial charge in [0.15, 0.2) is 5.13 Å². The number of nitrogens with zero attached hydrogens (tertiary/aromatic N) is 4. The molecule has 0 saturated heterocycles. The van der Waals surface area contributed by atoms with E-state index in [1.165, 1.54) is 11.3 Å². The zero-order valence-electron chi connectivity index (χ0n) is 12.5. The molecule has 0 aliphatic rings. The summed E-state index contributed by atoms with van der Waals surface area (Å²) in [5.41, 5.74) is 1.22. The Bertz CT molecular complexity index is 828. The van der Waals surface area contributed by atoms with E-state index in [0.29, 0.717) is 28.4 Å². The van der Waals surface area contributed by atoms with Crippen molar-refractivity contribution in [3.8, 4) is 0 Å². The second-order valence-corrected chi connectivity index (χ2v) is 5.58. The van der Waals surface area contributed by atoms with Crippen LogP contribution in [0.4, 0.5) is 10.9 Å². The van der Waals surface area contributed by atoms with E-state index < -0.39 is 0 Å². The smallest absolute Gasteiger partial charge is 0.271 e. The highest BCUT2D eigenvalue weighted by Gasteiger charge is 2.12. The number of aryl methyl sites for hydroxylation is 2. The minimum atomic E-state index is -0.303. The lowest BCUT2D eigenvalue weighted by Gasteiger charge is -2.02. The van der Waals surface area contributed by atoms with E-state index in [2.05, 4.69) is 30.8 Å². The van der Waals surface area contributed by atoms with Gasteiger partial charge in [-0.05, 0) is 19.1 Å². The van der Waals surface area contributed by atoms with Gasteiger partial charge < -0.3 is 15.1 Å². The number of pyridine rings is 1. The Morgan fingerprint density at radius 1 is 1.26 bits per heavy atom. The molecule has 0 spiro atoms. The van der Waals surface area contributed by atoms with Crippen LogP contribution in [0.1, 0.15) is 28.0 Å². The number of rotatable bonds is 5. The molecule has 3 rings (SSSR count). The molecule has 0 bridgehead atoms. The van der Waals surface area contributed by atoms with Crippen molar-refractivity contribution in [2.45, 2.75) is 20.4 Å². The zero-order chi connectivity index (χ0) is 16.2. The van der Waals surface area contributed by atoms with Gasteiger partial charge in [-0.25, -0.2) is 9.97 Å². The third-order valence-corrected chi connectivity index (χ3v) is 3.59. The first-order valence-corrected chi connectivity index (χ1v) is 7.71. The van der Waals surface area contributed by atoms with Crippen LogP contribution in [-0.4, -0.2) is 26.1 Å². The summed E-state index contributed by atoms with van der Waals surface area (Å²) in [5.74, 6) is 1.20. The number of thiazole rings is 1. The first-order valence-electron chi connectivity index (χ1n) is 6.83. The zero-order valence-corrected chi connectivity index (χ0v) is 13.3. The van der Waals surface area contributed by atoms with Crippen molar-refractivity contribution in [2.75, 3.05) is 5.32 Å². The highest BCUT2D eigenvalue weighted by atomic mass is 32.1. The average molecular weight is 330 g/mol. The molecule has 3 heterocycles. The van der Waals surface area contributed by atoms with E-state index in [-0.39, 0.29) is 12.5 Å². The van der Waals surface area contributed by atoms with Crippen LogP contribution >= 0.6 is 11.3 Å². The molecular formula is C14H14N6O2S. The van der Waals surface area contributed by atoms with Gasteiger partial charge in [0.05, 0.1) is 6.54 Å². The van der Waals surface area contributed by atoms with Gasteiger partial charge in [0.25, 0.3) is 5.91 Å². The first-order chi connectivity index (χ1) is 11.1. The molecule has 23 heavy (non-hydrogen) atoms. The molecule has 0 aromatic carbocycles. The van der Waals surface area contributed by atoms with Crippen LogP contribution < -0.4 is 10.6 Å². The molecule has 1 amide bonds. The summed E-state index contributed by atoms with van der Waals surface area (Å²) >= 11 is 1.33. The Morgan fingerprint density at radius 2 is 2.13 bits per heavy atom. The van der Waals surface area contributed by atoms with Crippen LogP contribution in [-0.2, 0) is 6.54 Å². The van der Waals surface area contributed by atoms with Gasteiger partial charge in [0, 0.05) is 18.0 Å². The Hall–Kier alpha value is -2.81. The van der Waals surface area contributed by atoms with Gasteiger partial charge >= 0.3 is 0 Å². The Balaban J connectivity index is 1.60. The van der Waals surface area contributed by atoms with Gasteiger partial charge in [-0.1, -0.05) is 6.07 Å². The molecule has 0 unspecified atom stereocenters. The van der Waals surface area contributed by atoms with Gasteiger partial charge in [-0.15, -0.1) is 21.5 Å². The number of anilines is 2. The van der Waals surface area contributed by atoms with Crippen molar-refractivity contribution in [1.29, 1.82) is 0 Å². The van der Waals surface area contributed by atoms with Crippen molar-refractivity contribution in [3.63, 3.8) is 0 Å². The summed E-state index contributed by atoms with van der Waals surface area (Å²) in [7, 11) is 0. The topological polar surface area (TPSA) is 106 Å². The van der Waals surface area contributed by atoms with Crippen LogP contribution in [0, 0.1) is 13.8 Å². The minimum Gasteiger partial charge on any atom is -0.424 e. The van der Waals surface area contributed by atoms with E-state index in [9.17, 15) is 4.79 Å². The number of nitrogens with one attached hydrogen (secondary N) is 2. The fraction of sp³-hybridized carbons (Fsp3) is 0.214. The summed E-state index contributed by atoms with van der Waals surface area (Å²) < 4.78 is 5.19. The second kappa shape index (κ2) is 6.53. The SMILES string of the molecule is Cc1cccc(Nc2nc(C(=O)NCc3nnc(C)o3)cs2)n1. The van der Waals surface area contributed by atoms with Gasteiger partial charge in [-0.2, -0.15) is 0 Å². The van der Waals surface area contributed by atoms with E-state index in [0.717, 1.165) is 5.69 Å². The van der Waals surface area contributed by atoms with Crippen molar-refractivity contribution in [1.82, 2.24) is 25.5 Å². The Kier molecular flexibility index (Phi) is 4.29. The summed E-state index contributed by atoms with van der Waals surface area (Å²) in [5, 5.41) is 15.5. The first kappa shape index (κ1) is 15.1. The largest absolute Gasteiger partial charge is 0.424 e. The van der Waals surface area contributed by atoms with Crippen molar-refractivity contribution in [2.24, 2.45) is 0 Å². The summed E-state index contributed by atoms with van der Waals surface area (Å²) in [6, 6.07) is 5.65. The lowest BCUT2D eigenvalue weighted by molar-refractivity contribution is 0.0943. The molecule has 8 nitrogen and oxygen atoms in total. The number of amides is 1. The van der Waals surface area contributed by atoms with Crippen LogP contribution in [0.2, 0.25) is 0 Å². The number of carbonyl (C=O) groups is 1. The van der Waals surface area contributed by atoms with E-state index >= 15 is 0 Å². The third-order valence-electron chi connectivity index (χ3n) is 2.83. The van der Waals surface area contributed by atoms with Crippen molar-refractivity contribution in [3.05, 3.63) is 46.7 Å². The molecule has 0 aliphatic heterocycles. The fourth-order valence-corrected chi connectivity index (χ4v) is 2.51. The van der Waals surface area contributed by atoms with Crippen molar-refractivity contribution >= 4 is 28.2 Å². The molecule has 3 aromatic rings. The molecule has 0 aliphatic carbocycles. The lowest BCUT2D eigenvalue weighted by atomic mass is 10.4. The van der Waals surface area contributed by atoms with E-state index in [4.69, 9.17) is 4.42 Å². The van der Waals surface area contributed by atoms with Gasteiger partial charge in [-0.3, -0.25) is 4.79 Å². The normalized spacial score (nSPS) is 10.5. The number of hydrogen-bond acceptors (Lipinski definition) is 8. The molecule has 0 fully saturated rings. The predicted molar refractivity (Wildman–Crippen MR) is 84.6 cm³/mol. The second-order valence-electron chi connectivity index (χ2n) is 4.72. The highest BCUT2D eigenvalue weighted by molar-refractivity contribution is 7.14. The number of aromatic nitrogens is 4. The van der Waals surface area contributed by atoms with Gasteiger partial charge in [0.1, 0.15) is 11.5 Å². The Labute approximate surface area is 136 Å². The summed E-state index contributed by atoms with van der Waals surface area (Å²) in [6.07, 6.45) is 0.